The molecule has 6 heteroatoms. The topological polar surface area (TPSA) is 113 Å². The Bertz CT molecular complexity index is 153. The first kappa shape index (κ1) is 12.3. The zero-order valence-corrected chi connectivity index (χ0v) is 7.79. The normalized spacial score (nSPS) is 15.3. The number of carbonyl (C=O) groups is 1. The molecule has 0 aromatic carbocycles. The van der Waals surface area contributed by atoms with Crippen molar-refractivity contribution in [2.75, 3.05) is 13.6 Å². The van der Waals surface area contributed by atoms with Gasteiger partial charge in [-0.2, -0.15) is 0 Å². The molecule has 0 bridgehead atoms. The van der Waals surface area contributed by atoms with Crippen molar-refractivity contribution in [3.05, 3.63) is 0 Å². The summed E-state index contributed by atoms with van der Waals surface area (Å²) in [5.74, 6) is -0.960. The van der Waals surface area contributed by atoms with Gasteiger partial charge in [-0.1, -0.05) is 0 Å². The van der Waals surface area contributed by atoms with Gasteiger partial charge in [0.15, 0.2) is 0 Å². The van der Waals surface area contributed by atoms with Crippen LogP contribution in [0.25, 0.3) is 0 Å². The highest BCUT2D eigenvalue weighted by Crippen LogP contribution is 1.92. The van der Waals surface area contributed by atoms with Crippen molar-refractivity contribution in [2.45, 2.75) is 25.2 Å². The van der Waals surface area contributed by atoms with Crippen LogP contribution in [0.2, 0.25) is 0 Å². The van der Waals surface area contributed by atoms with E-state index >= 15 is 0 Å². The molecule has 0 amide bonds. The highest BCUT2D eigenvalue weighted by Gasteiger charge is 2.09. The molecule has 0 aliphatic carbocycles. The second kappa shape index (κ2) is 6.79. The van der Waals surface area contributed by atoms with E-state index in [-0.39, 0.29) is 6.29 Å². The molecule has 1 unspecified atom stereocenters. The Morgan fingerprint density at radius 1 is 1.54 bits per heavy atom. The lowest BCUT2D eigenvalue weighted by Crippen LogP contribution is -2.48. The average molecular weight is 190 g/mol. The lowest BCUT2D eigenvalue weighted by Gasteiger charge is -2.12. The van der Waals surface area contributed by atoms with E-state index in [9.17, 15) is 4.79 Å². The van der Waals surface area contributed by atoms with Crippen molar-refractivity contribution >= 4 is 5.97 Å². The maximum absolute atomic E-state index is 10.3. The van der Waals surface area contributed by atoms with Gasteiger partial charge in [0.05, 0.1) is 0 Å². The molecule has 0 aliphatic heterocycles. The Labute approximate surface area is 77.7 Å². The first-order chi connectivity index (χ1) is 6.07. The summed E-state index contributed by atoms with van der Waals surface area (Å²) in [7, 11) is 1.74. The molecule has 0 spiro atoms. The van der Waals surface area contributed by atoms with Crippen molar-refractivity contribution in [3.8, 4) is 0 Å². The summed E-state index contributed by atoms with van der Waals surface area (Å²) >= 11 is 0. The van der Waals surface area contributed by atoms with Crippen LogP contribution in [0.3, 0.4) is 0 Å². The minimum Gasteiger partial charge on any atom is -0.480 e. The number of nitrogens with two attached hydrogens (primary N) is 2. The Balaban J connectivity index is 3.30. The van der Waals surface area contributed by atoms with Crippen LogP contribution in [0.1, 0.15) is 12.8 Å². The lowest BCUT2D eigenvalue weighted by atomic mass is 10.2. The molecular formula is C7H18N4O2. The molecule has 0 aromatic rings. The number of nitrogens with one attached hydrogen (secondary N) is 2. The molecule has 0 rings (SSSR count). The van der Waals surface area contributed by atoms with Crippen LogP contribution in [0.4, 0.5) is 0 Å². The van der Waals surface area contributed by atoms with Crippen LogP contribution in [0.15, 0.2) is 0 Å². The monoisotopic (exact) mass is 190 g/mol. The number of rotatable bonds is 7. The largest absolute Gasteiger partial charge is 0.480 e. The lowest BCUT2D eigenvalue weighted by molar-refractivity contribution is -0.138. The summed E-state index contributed by atoms with van der Waals surface area (Å²) in [6.07, 6.45) is 0.905. The molecule has 0 aromatic heterocycles. The number of aliphatic carboxylic acids is 1. The number of hydrogen-bond donors (Lipinski definition) is 5. The first-order valence-corrected chi connectivity index (χ1v) is 4.22. The molecule has 78 valence electrons. The average Bonchev–Trinajstić information content (AvgIpc) is 2.11. The van der Waals surface area contributed by atoms with Gasteiger partial charge in [-0.25, -0.2) is 0 Å². The van der Waals surface area contributed by atoms with Gasteiger partial charge in [0.25, 0.3) is 0 Å². The fourth-order valence-corrected chi connectivity index (χ4v) is 0.805. The molecule has 0 fully saturated rings. The molecular weight excluding hydrogens is 172 g/mol. The number of hydrogen-bond acceptors (Lipinski definition) is 5. The minimum absolute atomic E-state index is 0.249. The summed E-state index contributed by atoms with van der Waals surface area (Å²) in [6, 6.07) is -0.771. The van der Waals surface area contributed by atoms with E-state index in [1.807, 2.05) is 0 Å². The quantitative estimate of drug-likeness (QED) is 0.240. The standard InChI is InChI=1S/C7H18N4O2/c1-10-7(9)11-4-2-3-5(8)6(12)13/h5,7,10-11H,2-4,8-9H2,1H3,(H,12,13)/t5-,7?/m0/s1. The highest BCUT2D eigenvalue weighted by molar-refractivity contribution is 5.72. The van der Waals surface area contributed by atoms with E-state index in [4.69, 9.17) is 16.6 Å². The van der Waals surface area contributed by atoms with Gasteiger partial charge >= 0.3 is 5.97 Å². The zero-order chi connectivity index (χ0) is 10.3. The third-order valence-corrected chi connectivity index (χ3v) is 1.68. The first-order valence-electron chi connectivity index (χ1n) is 4.22. The van der Waals surface area contributed by atoms with Crippen LogP contribution in [-0.4, -0.2) is 37.0 Å². The number of carboxylic acid groups (broad SMARTS) is 1. The SMILES string of the molecule is CNC(N)NCCC[C@H](N)C(=O)O. The third kappa shape index (κ3) is 6.47. The van der Waals surface area contributed by atoms with Crippen LogP contribution in [0.5, 0.6) is 0 Å². The molecule has 13 heavy (non-hydrogen) atoms. The smallest absolute Gasteiger partial charge is 0.320 e. The van der Waals surface area contributed by atoms with Crippen LogP contribution in [0, 0.1) is 0 Å². The second-order valence-corrected chi connectivity index (χ2v) is 2.81. The van der Waals surface area contributed by atoms with E-state index in [1.54, 1.807) is 7.05 Å². The van der Waals surface area contributed by atoms with E-state index < -0.39 is 12.0 Å². The molecule has 0 saturated carbocycles. The summed E-state index contributed by atoms with van der Waals surface area (Å²) in [5.41, 5.74) is 10.8. The summed E-state index contributed by atoms with van der Waals surface area (Å²) in [6.45, 7) is 0.656. The molecule has 0 saturated heterocycles. The van der Waals surface area contributed by atoms with Gasteiger partial charge in [0.1, 0.15) is 12.3 Å². The third-order valence-electron chi connectivity index (χ3n) is 1.68. The van der Waals surface area contributed by atoms with Crippen LogP contribution >= 0.6 is 0 Å². The molecule has 7 N–H and O–H groups in total. The fourth-order valence-electron chi connectivity index (χ4n) is 0.805. The van der Waals surface area contributed by atoms with Gasteiger partial charge < -0.3 is 16.6 Å². The summed E-state index contributed by atoms with van der Waals surface area (Å²) in [4.78, 5) is 10.3. The van der Waals surface area contributed by atoms with E-state index in [1.165, 1.54) is 0 Å². The number of carboxylic acids is 1. The molecule has 6 nitrogen and oxygen atoms in total. The Hall–Kier alpha value is -0.690. The predicted octanol–water partition coefficient (Wildman–Crippen LogP) is -1.77. The van der Waals surface area contributed by atoms with Gasteiger partial charge in [-0.05, 0) is 26.4 Å². The minimum atomic E-state index is -0.960. The van der Waals surface area contributed by atoms with Crippen molar-refractivity contribution in [1.82, 2.24) is 10.6 Å². The van der Waals surface area contributed by atoms with Crippen molar-refractivity contribution in [2.24, 2.45) is 11.5 Å². The second-order valence-electron chi connectivity index (χ2n) is 2.81. The highest BCUT2D eigenvalue weighted by atomic mass is 16.4. The van der Waals surface area contributed by atoms with E-state index in [2.05, 4.69) is 10.6 Å². The van der Waals surface area contributed by atoms with Crippen molar-refractivity contribution < 1.29 is 9.90 Å². The van der Waals surface area contributed by atoms with E-state index in [0.717, 1.165) is 0 Å². The van der Waals surface area contributed by atoms with Crippen molar-refractivity contribution in [1.29, 1.82) is 0 Å². The van der Waals surface area contributed by atoms with Crippen LogP contribution in [-0.2, 0) is 4.79 Å². The van der Waals surface area contributed by atoms with Gasteiger partial charge in [-0.3, -0.25) is 15.4 Å². The van der Waals surface area contributed by atoms with Gasteiger partial charge in [-0.15, -0.1) is 0 Å². The zero-order valence-electron chi connectivity index (χ0n) is 7.79. The van der Waals surface area contributed by atoms with E-state index in [0.29, 0.717) is 19.4 Å². The van der Waals surface area contributed by atoms with Gasteiger partial charge in [0.2, 0.25) is 0 Å². The molecule has 0 heterocycles. The summed E-state index contributed by atoms with van der Waals surface area (Å²) < 4.78 is 0. The summed E-state index contributed by atoms with van der Waals surface area (Å²) in [5, 5.41) is 14.2. The Morgan fingerprint density at radius 2 is 2.15 bits per heavy atom. The predicted molar refractivity (Wildman–Crippen MR) is 49.9 cm³/mol. The molecule has 2 atom stereocenters. The fraction of sp³-hybridized carbons (Fsp3) is 0.857. The molecule has 0 aliphatic rings. The Morgan fingerprint density at radius 3 is 2.62 bits per heavy atom. The van der Waals surface area contributed by atoms with Crippen molar-refractivity contribution in [3.63, 3.8) is 0 Å². The van der Waals surface area contributed by atoms with Crippen LogP contribution < -0.4 is 22.1 Å². The maximum Gasteiger partial charge on any atom is 0.320 e. The maximum atomic E-state index is 10.3. The Kier molecular flexibility index (Phi) is 6.43. The molecule has 0 radical (unpaired) electrons. The van der Waals surface area contributed by atoms with Gasteiger partial charge in [0, 0.05) is 0 Å².